The normalized spacial score (nSPS) is 10.7. The Hall–Kier alpha value is -2.21. The van der Waals surface area contributed by atoms with Gasteiger partial charge in [0.15, 0.2) is 5.58 Å². The van der Waals surface area contributed by atoms with Crippen molar-refractivity contribution in [2.75, 3.05) is 5.32 Å². The quantitative estimate of drug-likeness (QED) is 0.748. The largest absolute Gasteiger partial charge is 0.356 e. The van der Waals surface area contributed by atoms with Crippen molar-refractivity contribution < 1.29 is 9.32 Å². The Kier molecular flexibility index (Phi) is 3.47. The van der Waals surface area contributed by atoms with E-state index in [0.717, 1.165) is 5.39 Å². The van der Waals surface area contributed by atoms with Gasteiger partial charge in [-0.1, -0.05) is 23.4 Å². The van der Waals surface area contributed by atoms with Crippen LogP contribution in [0.3, 0.4) is 0 Å². The molecule has 3 aromatic rings. The average molecular weight is 332 g/mol. The van der Waals surface area contributed by atoms with Gasteiger partial charge in [0.25, 0.3) is 0 Å². The van der Waals surface area contributed by atoms with Crippen molar-refractivity contribution in [2.45, 2.75) is 6.42 Å². The SMILES string of the molecule is O=C(Cc1noc2ccccc12)Nc1cccc(Br)n1. The van der Waals surface area contributed by atoms with Crippen molar-refractivity contribution in [1.29, 1.82) is 0 Å². The molecule has 5 nitrogen and oxygen atoms in total. The molecule has 0 atom stereocenters. The van der Waals surface area contributed by atoms with Gasteiger partial charge in [-0.3, -0.25) is 4.79 Å². The third-order valence-corrected chi connectivity index (χ3v) is 3.20. The molecule has 0 saturated heterocycles. The predicted octanol–water partition coefficient (Wildman–Crippen LogP) is 3.17. The molecule has 0 bridgehead atoms. The van der Waals surface area contributed by atoms with Crippen molar-refractivity contribution in [3.05, 3.63) is 52.8 Å². The fourth-order valence-corrected chi connectivity index (χ4v) is 2.23. The summed E-state index contributed by atoms with van der Waals surface area (Å²) >= 11 is 3.26. The van der Waals surface area contributed by atoms with Gasteiger partial charge in [-0.2, -0.15) is 0 Å². The molecule has 0 aliphatic rings. The van der Waals surface area contributed by atoms with Gasteiger partial charge in [-0.15, -0.1) is 0 Å². The van der Waals surface area contributed by atoms with Gasteiger partial charge >= 0.3 is 0 Å². The highest BCUT2D eigenvalue weighted by molar-refractivity contribution is 9.10. The first-order valence-corrected chi connectivity index (χ1v) is 6.77. The summed E-state index contributed by atoms with van der Waals surface area (Å²) in [4.78, 5) is 16.1. The fraction of sp³-hybridized carbons (Fsp3) is 0.0714. The lowest BCUT2D eigenvalue weighted by molar-refractivity contribution is -0.115. The van der Waals surface area contributed by atoms with E-state index in [4.69, 9.17) is 4.52 Å². The van der Waals surface area contributed by atoms with E-state index in [9.17, 15) is 4.79 Å². The van der Waals surface area contributed by atoms with E-state index in [0.29, 0.717) is 21.7 Å². The summed E-state index contributed by atoms with van der Waals surface area (Å²) in [5.41, 5.74) is 1.30. The molecule has 3 rings (SSSR count). The Morgan fingerprint density at radius 2 is 2.05 bits per heavy atom. The Bertz CT molecular complexity index is 770. The van der Waals surface area contributed by atoms with E-state index in [2.05, 4.69) is 31.4 Å². The standard InChI is InChI=1S/C14H10BrN3O2/c15-12-6-3-7-13(16-12)17-14(19)8-10-9-4-1-2-5-11(9)20-18-10/h1-7H,8H2,(H,16,17,19). The van der Waals surface area contributed by atoms with Gasteiger partial charge in [-0.05, 0) is 40.2 Å². The van der Waals surface area contributed by atoms with E-state index in [1.165, 1.54) is 0 Å². The van der Waals surface area contributed by atoms with Crippen LogP contribution in [0.15, 0.2) is 51.6 Å². The lowest BCUT2D eigenvalue weighted by atomic mass is 10.1. The third kappa shape index (κ3) is 2.70. The van der Waals surface area contributed by atoms with Crippen molar-refractivity contribution in [1.82, 2.24) is 10.1 Å². The van der Waals surface area contributed by atoms with Crippen molar-refractivity contribution in [2.24, 2.45) is 0 Å². The Labute approximate surface area is 123 Å². The molecule has 1 amide bonds. The number of nitrogens with one attached hydrogen (secondary N) is 1. The number of carbonyl (C=O) groups is 1. The molecular weight excluding hydrogens is 322 g/mol. The summed E-state index contributed by atoms with van der Waals surface area (Å²) < 4.78 is 5.83. The number of aromatic nitrogens is 2. The number of anilines is 1. The molecule has 2 aromatic heterocycles. The summed E-state index contributed by atoms with van der Waals surface area (Å²) in [5.74, 6) is 0.312. The molecule has 0 aliphatic heterocycles. The number of hydrogen-bond acceptors (Lipinski definition) is 4. The summed E-state index contributed by atoms with van der Waals surface area (Å²) in [6.45, 7) is 0. The van der Waals surface area contributed by atoms with Crippen LogP contribution in [0.2, 0.25) is 0 Å². The highest BCUT2D eigenvalue weighted by Gasteiger charge is 2.12. The number of carbonyl (C=O) groups excluding carboxylic acids is 1. The van der Waals surface area contributed by atoms with E-state index in [1.54, 1.807) is 18.2 Å². The average Bonchev–Trinajstić information content (AvgIpc) is 2.82. The molecule has 100 valence electrons. The second kappa shape index (κ2) is 5.42. The third-order valence-electron chi connectivity index (χ3n) is 2.76. The van der Waals surface area contributed by atoms with E-state index in [-0.39, 0.29) is 12.3 Å². The number of halogens is 1. The highest BCUT2D eigenvalue weighted by atomic mass is 79.9. The van der Waals surface area contributed by atoms with Crippen LogP contribution in [0.5, 0.6) is 0 Å². The van der Waals surface area contributed by atoms with Crippen molar-refractivity contribution in [3.63, 3.8) is 0 Å². The van der Waals surface area contributed by atoms with Gasteiger partial charge < -0.3 is 9.84 Å². The summed E-state index contributed by atoms with van der Waals surface area (Å²) in [6.07, 6.45) is 0.144. The molecule has 20 heavy (non-hydrogen) atoms. The zero-order chi connectivity index (χ0) is 13.9. The zero-order valence-corrected chi connectivity index (χ0v) is 11.9. The van der Waals surface area contributed by atoms with Crippen molar-refractivity contribution >= 4 is 38.6 Å². The van der Waals surface area contributed by atoms with Crippen LogP contribution in [0.25, 0.3) is 11.0 Å². The maximum Gasteiger partial charge on any atom is 0.231 e. The first-order valence-electron chi connectivity index (χ1n) is 5.98. The minimum atomic E-state index is -0.186. The molecule has 0 fully saturated rings. The van der Waals surface area contributed by atoms with Gasteiger partial charge in [-0.25, -0.2) is 4.98 Å². The number of amides is 1. The molecule has 0 saturated carbocycles. The van der Waals surface area contributed by atoms with Gasteiger partial charge in [0.05, 0.1) is 6.42 Å². The van der Waals surface area contributed by atoms with Crippen LogP contribution >= 0.6 is 15.9 Å². The van der Waals surface area contributed by atoms with Gasteiger partial charge in [0, 0.05) is 5.39 Å². The molecule has 0 radical (unpaired) electrons. The summed E-state index contributed by atoms with van der Waals surface area (Å²) in [6, 6.07) is 12.8. The maximum absolute atomic E-state index is 12.0. The number of nitrogens with zero attached hydrogens (tertiary/aromatic N) is 2. The molecule has 2 heterocycles. The number of para-hydroxylation sites is 1. The first kappa shape index (κ1) is 12.8. The number of fused-ring (bicyclic) bond motifs is 1. The van der Waals surface area contributed by atoms with Crippen molar-refractivity contribution in [3.8, 4) is 0 Å². The lowest BCUT2D eigenvalue weighted by Crippen LogP contribution is -2.15. The van der Waals surface area contributed by atoms with E-state index >= 15 is 0 Å². The number of rotatable bonds is 3. The van der Waals surface area contributed by atoms with Crippen LogP contribution in [0, 0.1) is 0 Å². The maximum atomic E-state index is 12.0. The topological polar surface area (TPSA) is 68.0 Å². The number of benzene rings is 1. The fourth-order valence-electron chi connectivity index (χ4n) is 1.88. The van der Waals surface area contributed by atoms with Crippen LogP contribution < -0.4 is 5.32 Å². The summed E-state index contributed by atoms with van der Waals surface area (Å²) in [5, 5.41) is 7.50. The Balaban J connectivity index is 1.76. The Morgan fingerprint density at radius 1 is 1.20 bits per heavy atom. The second-order valence-corrected chi connectivity index (χ2v) is 5.01. The molecule has 0 aliphatic carbocycles. The minimum Gasteiger partial charge on any atom is -0.356 e. The van der Waals surface area contributed by atoms with Crippen LogP contribution in [0.1, 0.15) is 5.69 Å². The van der Waals surface area contributed by atoms with Crippen LogP contribution in [-0.4, -0.2) is 16.0 Å². The van der Waals surface area contributed by atoms with E-state index < -0.39 is 0 Å². The molecule has 0 spiro atoms. The predicted molar refractivity (Wildman–Crippen MR) is 78.3 cm³/mol. The van der Waals surface area contributed by atoms with Crippen LogP contribution in [0.4, 0.5) is 5.82 Å². The molecule has 6 heteroatoms. The molecule has 1 N–H and O–H groups in total. The van der Waals surface area contributed by atoms with Crippen LogP contribution in [-0.2, 0) is 11.2 Å². The molecular formula is C14H10BrN3O2. The zero-order valence-electron chi connectivity index (χ0n) is 10.3. The minimum absolute atomic E-state index is 0.144. The summed E-state index contributed by atoms with van der Waals surface area (Å²) in [7, 11) is 0. The smallest absolute Gasteiger partial charge is 0.231 e. The Morgan fingerprint density at radius 3 is 2.90 bits per heavy atom. The number of hydrogen-bond donors (Lipinski definition) is 1. The highest BCUT2D eigenvalue weighted by Crippen LogP contribution is 2.18. The van der Waals surface area contributed by atoms with Gasteiger partial charge in [0.2, 0.25) is 5.91 Å². The monoisotopic (exact) mass is 331 g/mol. The van der Waals surface area contributed by atoms with Gasteiger partial charge in [0.1, 0.15) is 16.1 Å². The first-order chi connectivity index (χ1) is 9.72. The molecule has 1 aromatic carbocycles. The lowest BCUT2D eigenvalue weighted by Gasteiger charge is -2.03. The number of pyridine rings is 1. The van der Waals surface area contributed by atoms with E-state index in [1.807, 2.05) is 24.3 Å². The molecule has 0 unspecified atom stereocenters. The second-order valence-electron chi connectivity index (χ2n) is 4.20.